The number of rotatable bonds is 3. The lowest BCUT2D eigenvalue weighted by molar-refractivity contribution is -0.138. The van der Waals surface area contributed by atoms with Crippen LogP contribution in [0.2, 0.25) is 0 Å². The van der Waals surface area contributed by atoms with Crippen molar-refractivity contribution < 1.29 is 22.8 Å². The van der Waals surface area contributed by atoms with Gasteiger partial charge in [-0.3, -0.25) is 9.59 Å². The van der Waals surface area contributed by atoms with Crippen molar-refractivity contribution in [3.05, 3.63) is 65.7 Å². The molecule has 1 aliphatic rings. The van der Waals surface area contributed by atoms with E-state index in [2.05, 4.69) is 5.32 Å². The van der Waals surface area contributed by atoms with Crippen LogP contribution < -0.4 is 10.2 Å². The van der Waals surface area contributed by atoms with Gasteiger partial charge in [0.25, 0.3) is 5.91 Å². The number of carbonyl (C=O) groups excluding carboxylic acids is 2. The van der Waals surface area contributed by atoms with Crippen molar-refractivity contribution in [2.45, 2.75) is 18.6 Å². The van der Waals surface area contributed by atoms with E-state index in [0.717, 1.165) is 12.1 Å². The van der Waals surface area contributed by atoms with E-state index in [0.29, 0.717) is 5.69 Å². The van der Waals surface area contributed by atoms with E-state index < -0.39 is 29.3 Å². The van der Waals surface area contributed by atoms with Crippen molar-refractivity contribution >= 4 is 17.5 Å². The Labute approximate surface area is 142 Å². The highest BCUT2D eigenvalue weighted by molar-refractivity contribution is 5.99. The molecule has 1 atom stereocenters. The number of para-hydroxylation sites is 1. The lowest BCUT2D eigenvalue weighted by atomic mass is 10.1. The lowest BCUT2D eigenvalue weighted by Crippen LogP contribution is -2.38. The van der Waals surface area contributed by atoms with Crippen LogP contribution >= 0.6 is 0 Å². The summed E-state index contributed by atoms with van der Waals surface area (Å²) in [5.41, 5.74) is -0.739. The maximum atomic E-state index is 13.0. The molecule has 1 fully saturated rings. The minimum Gasteiger partial charge on any atom is -0.347 e. The first kappa shape index (κ1) is 17.0. The first-order valence-corrected chi connectivity index (χ1v) is 7.69. The van der Waals surface area contributed by atoms with Crippen molar-refractivity contribution in [2.24, 2.45) is 0 Å². The highest BCUT2D eigenvalue weighted by atomic mass is 19.4. The van der Waals surface area contributed by atoms with E-state index in [1.54, 1.807) is 24.3 Å². The topological polar surface area (TPSA) is 49.4 Å². The van der Waals surface area contributed by atoms with Gasteiger partial charge in [-0.1, -0.05) is 30.3 Å². The molecule has 130 valence electrons. The van der Waals surface area contributed by atoms with Gasteiger partial charge in [-0.05, 0) is 24.3 Å². The molecule has 25 heavy (non-hydrogen) atoms. The Bertz CT molecular complexity index is 790. The minimum absolute atomic E-state index is 0.0504. The fourth-order valence-electron chi connectivity index (χ4n) is 2.85. The van der Waals surface area contributed by atoms with E-state index in [1.807, 2.05) is 6.07 Å². The van der Waals surface area contributed by atoms with Crippen molar-refractivity contribution in [1.82, 2.24) is 5.32 Å². The van der Waals surface area contributed by atoms with Crippen LogP contribution in [0.15, 0.2) is 54.6 Å². The number of halogens is 3. The summed E-state index contributed by atoms with van der Waals surface area (Å²) >= 11 is 0. The number of anilines is 1. The first-order chi connectivity index (χ1) is 11.9. The van der Waals surface area contributed by atoms with Crippen LogP contribution in [-0.4, -0.2) is 24.4 Å². The van der Waals surface area contributed by atoms with Gasteiger partial charge in [0, 0.05) is 18.7 Å². The van der Waals surface area contributed by atoms with E-state index in [-0.39, 0.29) is 18.9 Å². The molecular formula is C18H15F3N2O2. The molecular weight excluding hydrogens is 333 g/mol. The predicted octanol–water partition coefficient (Wildman–Crippen LogP) is 3.24. The molecule has 2 aromatic rings. The number of alkyl halides is 3. The van der Waals surface area contributed by atoms with Crippen LogP contribution in [0, 0.1) is 0 Å². The summed E-state index contributed by atoms with van der Waals surface area (Å²) in [4.78, 5) is 25.9. The largest absolute Gasteiger partial charge is 0.417 e. The summed E-state index contributed by atoms with van der Waals surface area (Å²) in [5, 5.41) is 2.54. The number of hydrogen-bond donors (Lipinski definition) is 1. The maximum absolute atomic E-state index is 13.0. The highest BCUT2D eigenvalue weighted by Gasteiger charge is 2.36. The van der Waals surface area contributed by atoms with Gasteiger partial charge < -0.3 is 10.2 Å². The molecule has 0 aromatic heterocycles. The molecule has 1 unspecified atom stereocenters. The third-order valence-electron chi connectivity index (χ3n) is 4.01. The van der Waals surface area contributed by atoms with E-state index in [9.17, 15) is 22.8 Å². The Morgan fingerprint density at radius 1 is 1.04 bits per heavy atom. The Kier molecular flexibility index (Phi) is 4.48. The number of hydrogen-bond acceptors (Lipinski definition) is 2. The number of benzene rings is 2. The summed E-state index contributed by atoms with van der Waals surface area (Å²) in [6.07, 6.45) is -4.57. The highest BCUT2D eigenvalue weighted by Crippen LogP contribution is 2.32. The van der Waals surface area contributed by atoms with Gasteiger partial charge in [0.1, 0.15) is 0 Å². The van der Waals surface area contributed by atoms with Gasteiger partial charge in [0.15, 0.2) is 0 Å². The number of nitrogens with one attached hydrogen (secondary N) is 1. The average Bonchev–Trinajstić information content (AvgIpc) is 2.95. The van der Waals surface area contributed by atoms with Crippen LogP contribution in [0.3, 0.4) is 0 Å². The van der Waals surface area contributed by atoms with Gasteiger partial charge in [-0.2, -0.15) is 13.2 Å². The van der Waals surface area contributed by atoms with Crippen LogP contribution in [0.4, 0.5) is 18.9 Å². The van der Waals surface area contributed by atoms with Crippen LogP contribution in [0.1, 0.15) is 22.3 Å². The smallest absolute Gasteiger partial charge is 0.347 e. The van der Waals surface area contributed by atoms with Gasteiger partial charge >= 0.3 is 6.18 Å². The number of nitrogens with zero attached hydrogens (tertiary/aromatic N) is 1. The Morgan fingerprint density at radius 2 is 1.68 bits per heavy atom. The molecule has 7 heteroatoms. The Morgan fingerprint density at radius 3 is 2.36 bits per heavy atom. The SMILES string of the molecule is O=C(NC1CC(=O)N(c2ccccc2)C1)c1ccccc1C(F)(F)F. The molecule has 1 N–H and O–H groups in total. The van der Waals surface area contributed by atoms with Crippen LogP contribution in [0.25, 0.3) is 0 Å². The van der Waals surface area contributed by atoms with Crippen molar-refractivity contribution in [1.29, 1.82) is 0 Å². The zero-order valence-corrected chi connectivity index (χ0v) is 13.1. The molecule has 1 aliphatic heterocycles. The Balaban J connectivity index is 1.74. The van der Waals surface area contributed by atoms with E-state index in [1.165, 1.54) is 17.0 Å². The number of carbonyl (C=O) groups is 2. The van der Waals surface area contributed by atoms with E-state index in [4.69, 9.17) is 0 Å². The molecule has 0 aliphatic carbocycles. The summed E-state index contributed by atoms with van der Waals surface area (Å²) in [6, 6.07) is 13.0. The fourth-order valence-corrected chi connectivity index (χ4v) is 2.85. The molecule has 0 saturated carbocycles. The monoisotopic (exact) mass is 348 g/mol. The maximum Gasteiger partial charge on any atom is 0.417 e. The molecule has 3 rings (SSSR count). The second-order valence-electron chi connectivity index (χ2n) is 5.76. The van der Waals surface area contributed by atoms with Crippen molar-refractivity contribution in [3.8, 4) is 0 Å². The standard InChI is InChI=1S/C18H15F3N2O2/c19-18(20,21)15-9-5-4-8-14(15)17(25)22-12-10-16(24)23(11-12)13-6-2-1-3-7-13/h1-9,12H,10-11H2,(H,22,25). The van der Waals surface area contributed by atoms with Crippen LogP contribution in [0.5, 0.6) is 0 Å². The summed E-state index contributed by atoms with van der Waals surface area (Å²) < 4.78 is 39.1. The van der Waals surface area contributed by atoms with Gasteiger partial charge in [-0.25, -0.2) is 0 Å². The second kappa shape index (κ2) is 6.58. The normalized spacial score (nSPS) is 17.6. The Hall–Kier alpha value is -2.83. The molecule has 0 spiro atoms. The molecule has 2 amide bonds. The summed E-state index contributed by atoms with van der Waals surface area (Å²) in [7, 11) is 0. The van der Waals surface area contributed by atoms with Gasteiger partial charge in [0.05, 0.1) is 17.2 Å². The predicted molar refractivity (Wildman–Crippen MR) is 86.1 cm³/mol. The number of amides is 2. The third-order valence-corrected chi connectivity index (χ3v) is 4.01. The lowest BCUT2D eigenvalue weighted by Gasteiger charge is -2.18. The summed E-state index contributed by atoms with van der Waals surface area (Å²) in [5.74, 6) is -1.01. The molecule has 1 saturated heterocycles. The minimum atomic E-state index is -4.62. The second-order valence-corrected chi connectivity index (χ2v) is 5.76. The van der Waals surface area contributed by atoms with Crippen LogP contribution in [-0.2, 0) is 11.0 Å². The fraction of sp³-hybridized carbons (Fsp3) is 0.222. The first-order valence-electron chi connectivity index (χ1n) is 7.69. The zero-order chi connectivity index (χ0) is 18.0. The molecule has 0 radical (unpaired) electrons. The van der Waals surface area contributed by atoms with Gasteiger partial charge in [0.2, 0.25) is 5.91 Å². The zero-order valence-electron chi connectivity index (χ0n) is 13.1. The molecule has 4 nitrogen and oxygen atoms in total. The quantitative estimate of drug-likeness (QED) is 0.926. The summed E-state index contributed by atoms with van der Waals surface area (Å²) in [6.45, 7) is 0.225. The third kappa shape index (κ3) is 3.65. The molecule has 1 heterocycles. The molecule has 0 bridgehead atoms. The van der Waals surface area contributed by atoms with E-state index >= 15 is 0 Å². The molecule has 2 aromatic carbocycles. The van der Waals surface area contributed by atoms with Gasteiger partial charge in [-0.15, -0.1) is 0 Å². The average molecular weight is 348 g/mol. The van der Waals surface area contributed by atoms with Crippen molar-refractivity contribution in [3.63, 3.8) is 0 Å². The van der Waals surface area contributed by atoms with Crippen molar-refractivity contribution in [2.75, 3.05) is 11.4 Å².